The van der Waals surface area contributed by atoms with E-state index in [9.17, 15) is 9.59 Å². The summed E-state index contributed by atoms with van der Waals surface area (Å²) in [6, 6.07) is 2.74. The second kappa shape index (κ2) is 5.88. The van der Waals surface area contributed by atoms with E-state index in [-0.39, 0.29) is 0 Å². The molecule has 17 heavy (non-hydrogen) atoms. The van der Waals surface area contributed by atoms with Crippen molar-refractivity contribution in [1.82, 2.24) is 5.32 Å². The summed E-state index contributed by atoms with van der Waals surface area (Å²) in [6.07, 6.45) is 0. The predicted octanol–water partition coefficient (Wildman–Crippen LogP) is 2.62. The van der Waals surface area contributed by atoms with Crippen LogP contribution in [0.15, 0.2) is 16.6 Å². The third-order valence-electron chi connectivity index (χ3n) is 1.90. The highest BCUT2D eigenvalue weighted by Gasteiger charge is 2.08. The van der Waals surface area contributed by atoms with Crippen molar-refractivity contribution in [2.24, 2.45) is 0 Å². The molecular formula is C10H10BrClN2O3. The molecule has 0 heterocycles. The number of carboxylic acids is 1. The number of benzene rings is 1. The number of aliphatic carboxylic acids is 1. The minimum atomic E-state index is -1.11. The van der Waals surface area contributed by atoms with E-state index in [4.69, 9.17) is 16.7 Å². The Labute approximate surface area is 111 Å². The molecule has 0 unspecified atom stereocenters. The summed E-state index contributed by atoms with van der Waals surface area (Å²) < 4.78 is 0.671. The van der Waals surface area contributed by atoms with Gasteiger partial charge < -0.3 is 15.7 Å². The van der Waals surface area contributed by atoms with Gasteiger partial charge in [-0.3, -0.25) is 4.79 Å². The number of nitrogens with one attached hydrogen (secondary N) is 2. The zero-order valence-electron chi connectivity index (χ0n) is 8.88. The van der Waals surface area contributed by atoms with E-state index in [1.807, 2.05) is 6.92 Å². The second-order valence-corrected chi connectivity index (χ2v) is 4.54. The van der Waals surface area contributed by atoms with Crippen molar-refractivity contribution in [3.63, 3.8) is 0 Å². The van der Waals surface area contributed by atoms with Crippen LogP contribution in [-0.2, 0) is 4.79 Å². The summed E-state index contributed by atoms with van der Waals surface area (Å²) in [5.41, 5.74) is 1.35. The van der Waals surface area contributed by atoms with Crippen molar-refractivity contribution in [3.8, 4) is 0 Å². The minimum Gasteiger partial charge on any atom is -0.480 e. The first kappa shape index (κ1) is 13.8. The standard InChI is InChI=1S/C10H10BrClN2O3/c1-5-2-6(11)8(3-7(5)12)14-10(17)13-4-9(15)16/h2-3H,4H2,1H3,(H,15,16)(H2,13,14,17). The first-order chi connectivity index (χ1) is 7.90. The molecule has 7 heteroatoms. The normalized spacial score (nSPS) is 9.82. The number of rotatable bonds is 3. The van der Waals surface area contributed by atoms with Gasteiger partial charge in [0.1, 0.15) is 6.54 Å². The van der Waals surface area contributed by atoms with Crippen LogP contribution in [-0.4, -0.2) is 23.7 Å². The van der Waals surface area contributed by atoms with Crippen LogP contribution in [0.2, 0.25) is 5.02 Å². The lowest BCUT2D eigenvalue weighted by Gasteiger charge is -2.09. The smallest absolute Gasteiger partial charge is 0.323 e. The first-order valence-corrected chi connectivity index (χ1v) is 5.79. The van der Waals surface area contributed by atoms with E-state index in [1.165, 1.54) is 0 Å². The molecule has 0 aliphatic carbocycles. The molecule has 1 aromatic carbocycles. The van der Waals surface area contributed by atoms with E-state index in [1.54, 1.807) is 12.1 Å². The summed E-state index contributed by atoms with van der Waals surface area (Å²) in [7, 11) is 0. The maximum absolute atomic E-state index is 11.3. The number of hydrogen-bond donors (Lipinski definition) is 3. The lowest BCUT2D eigenvalue weighted by molar-refractivity contribution is -0.135. The molecule has 0 atom stereocenters. The van der Waals surface area contributed by atoms with Crippen LogP contribution in [0, 0.1) is 6.92 Å². The Morgan fingerprint density at radius 1 is 1.47 bits per heavy atom. The topological polar surface area (TPSA) is 78.4 Å². The summed E-state index contributed by atoms with van der Waals surface area (Å²) in [4.78, 5) is 21.6. The quantitative estimate of drug-likeness (QED) is 0.801. The third kappa shape index (κ3) is 4.24. The fraction of sp³-hybridized carbons (Fsp3) is 0.200. The summed E-state index contributed by atoms with van der Waals surface area (Å²) in [5.74, 6) is -1.11. The van der Waals surface area contributed by atoms with Crippen LogP contribution in [0.5, 0.6) is 0 Å². The van der Waals surface area contributed by atoms with Gasteiger partial charge >= 0.3 is 12.0 Å². The molecule has 0 bridgehead atoms. The zero-order valence-corrected chi connectivity index (χ0v) is 11.2. The molecular weight excluding hydrogens is 311 g/mol. The molecule has 2 amide bonds. The van der Waals surface area contributed by atoms with Crippen molar-refractivity contribution in [2.75, 3.05) is 11.9 Å². The van der Waals surface area contributed by atoms with E-state index in [0.29, 0.717) is 15.2 Å². The van der Waals surface area contributed by atoms with Crippen molar-refractivity contribution in [3.05, 3.63) is 27.2 Å². The van der Waals surface area contributed by atoms with Crippen LogP contribution in [0.3, 0.4) is 0 Å². The van der Waals surface area contributed by atoms with Gasteiger partial charge in [-0.05, 0) is 40.5 Å². The highest BCUT2D eigenvalue weighted by atomic mass is 79.9. The van der Waals surface area contributed by atoms with Gasteiger partial charge in [0.05, 0.1) is 5.69 Å². The highest BCUT2D eigenvalue weighted by molar-refractivity contribution is 9.10. The molecule has 0 spiro atoms. The van der Waals surface area contributed by atoms with Gasteiger partial charge in [-0.15, -0.1) is 0 Å². The second-order valence-electron chi connectivity index (χ2n) is 3.28. The fourth-order valence-corrected chi connectivity index (χ4v) is 1.79. The summed E-state index contributed by atoms with van der Waals surface area (Å²) >= 11 is 9.18. The van der Waals surface area contributed by atoms with Crippen LogP contribution in [0.4, 0.5) is 10.5 Å². The van der Waals surface area contributed by atoms with Crippen molar-refractivity contribution < 1.29 is 14.7 Å². The molecule has 92 valence electrons. The van der Waals surface area contributed by atoms with E-state index in [2.05, 4.69) is 26.6 Å². The number of hydrogen-bond acceptors (Lipinski definition) is 2. The van der Waals surface area contributed by atoms with Crippen LogP contribution >= 0.6 is 27.5 Å². The number of aryl methyl sites for hydroxylation is 1. The average molecular weight is 322 g/mol. The molecule has 3 N–H and O–H groups in total. The van der Waals surface area contributed by atoms with Gasteiger partial charge in [0.2, 0.25) is 0 Å². The summed E-state index contributed by atoms with van der Waals surface area (Å²) in [5, 5.41) is 13.6. The molecule has 0 aliphatic heterocycles. The maximum Gasteiger partial charge on any atom is 0.323 e. The van der Waals surface area contributed by atoms with Gasteiger partial charge in [-0.1, -0.05) is 11.6 Å². The SMILES string of the molecule is Cc1cc(Br)c(NC(=O)NCC(=O)O)cc1Cl. The predicted molar refractivity (Wildman–Crippen MR) is 68.5 cm³/mol. The lowest BCUT2D eigenvalue weighted by atomic mass is 10.2. The molecule has 0 fully saturated rings. The average Bonchev–Trinajstić information content (AvgIpc) is 2.23. The van der Waals surface area contributed by atoms with Crippen LogP contribution in [0.25, 0.3) is 0 Å². The van der Waals surface area contributed by atoms with Crippen molar-refractivity contribution in [2.45, 2.75) is 6.92 Å². The Kier molecular flexibility index (Phi) is 4.77. The van der Waals surface area contributed by atoms with Gasteiger partial charge in [-0.25, -0.2) is 4.79 Å². The van der Waals surface area contributed by atoms with E-state index >= 15 is 0 Å². The van der Waals surface area contributed by atoms with E-state index < -0.39 is 18.5 Å². The number of carboxylic acid groups (broad SMARTS) is 1. The number of carbonyl (C=O) groups excluding carboxylic acids is 1. The number of anilines is 1. The Bertz CT molecular complexity index is 465. The molecule has 5 nitrogen and oxygen atoms in total. The molecule has 0 saturated carbocycles. The summed E-state index contributed by atoms with van der Waals surface area (Å²) in [6.45, 7) is 1.39. The molecule has 0 aliphatic rings. The highest BCUT2D eigenvalue weighted by Crippen LogP contribution is 2.28. The van der Waals surface area contributed by atoms with Crippen molar-refractivity contribution >= 4 is 45.2 Å². The Balaban J connectivity index is 2.71. The minimum absolute atomic E-state index is 0.441. The third-order valence-corrected chi connectivity index (χ3v) is 2.96. The zero-order chi connectivity index (χ0) is 13.0. The Hall–Kier alpha value is -1.27. The van der Waals surface area contributed by atoms with E-state index in [0.717, 1.165) is 5.56 Å². The molecule has 0 saturated heterocycles. The molecule has 1 aromatic rings. The van der Waals surface area contributed by atoms with Gasteiger partial charge in [0.25, 0.3) is 0 Å². The van der Waals surface area contributed by atoms with Gasteiger partial charge in [0.15, 0.2) is 0 Å². The van der Waals surface area contributed by atoms with Crippen molar-refractivity contribution in [1.29, 1.82) is 0 Å². The molecule has 1 rings (SSSR count). The van der Waals surface area contributed by atoms with Gasteiger partial charge in [0, 0.05) is 9.50 Å². The van der Waals surface area contributed by atoms with Gasteiger partial charge in [-0.2, -0.15) is 0 Å². The number of halogens is 2. The number of amides is 2. The van der Waals surface area contributed by atoms with Crippen LogP contribution in [0.1, 0.15) is 5.56 Å². The molecule has 0 radical (unpaired) electrons. The number of urea groups is 1. The lowest BCUT2D eigenvalue weighted by Crippen LogP contribution is -2.33. The van der Waals surface area contributed by atoms with Crippen LogP contribution < -0.4 is 10.6 Å². The monoisotopic (exact) mass is 320 g/mol. The largest absolute Gasteiger partial charge is 0.480 e. The first-order valence-electron chi connectivity index (χ1n) is 4.62. The Morgan fingerprint density at radius 3 is 2.71 bits per heavy atom. The fourth-order valence-electron chi connectivity index (χ4n) is 1.06. The maximum atomic E-state index is 11.3. The molecule has 0 aromatic heterocycles. The number of carbonyl (C=O) groups is 2. The Morgan fingerprint density at radius 2 is 2.12 bits per heavy atom.